The van der Waals surface area contributed by atoms with Crippen LogP contribution in [0.15, 0.2) is 30.9 Å². The molecule has 1 heterocycles. The van der Waals surface area contributed by atoms with Gasteiger partial charge in [-0.05, 0) is 12.1 Å². The maximum atomic E-state index is 9.56. The van der Waals surface area contributed by atoms with Crippen molar-refractivity contribution in [2.75, 3.05) is 0 Å². The minimum Gasteiger partial charge on any atom is -0.508 e. The minimum absolute atomic E-state index is 0.193. The number of phenols is 1. The van der Waals surface area contributed by atoms with Crippen molar-refractivity contribution in [1.82, 2.24) is 14.8 Å². The van der Waals surface area contributed by atoms with E-state index in [1.807, 2.05) is 6.07 Å². The van der Waals surface area contributed by atoms with Crippen LogP contribution in [0.3, 0.4) is 0 Å². The second kappa shape index (κ2) is 3.47. The molecule has 2 rings (SSSR count). The Balaban J connectivity index is 2.58. The Bertz CT molecular complexity index is 424. The zero-order valence-corrected chi connectivity index (χ0v) is 7.46. The number of phenolic OH excluding ortho intramolecular Hbond substituents is 1. The summed E-state index contributed by atoms with van der Waals surface area (Å²) in [5.74, 6) is 0.193. The zero-order valence-electron chi connectivity index (χ0n) is 7.46. The second-order valence-corrected chi connectivity index (χ2v) is 2.85. The van der Waals surface area contributed by atoms with Gasteiger partial charge in [0.1, 0.15) is 18.4 Å². The molecule has 1 aromatic carbocycles. The molecule has 0 saturated heterocycles. The van der Waals surface area contributed by atoms with E-state index < -0.39 is 0 Å². The second-order valence-electron chi connectivity index (χ2n) is 2.85. The van der Waals surface area contributed by atoms with Crippen LogP contribution in [0.2, 0.25) is 0 Å². The van der Waals surface area contributed by atoms with Crippen LogP contribution in [0.25, 0.3) is 5.69 Å². The molecule has 0 spiro atoms. The molecule has 3 N–H and O–H groups in total. The summed E-state index contributed by atoms with van der Waals surface area (Å²) in [6.45, 7) is 0.278. The first kappa shape index (κ1) is 8.71. The van der Waals surface area contributed by atoms with Gasteiger partial charge in [-0.15, -0.1) is 10.2 Å². The molecule has 2 aromatic rings. The van der Waals surface area contributed by atoms with Crippen molar-refractivity contribution >= 4 is 0 Å². The third-order valence-corrected chi connectivity index (χ3v) is 2.03. The van der Waals surface area contributed by atoms with E-state index in [-0.39, 0.29) is 12.3 Å². The first-order chi connectivity index (χ1) is 6.83. The number of rotatable bonds is 2. The van der Waals surface area contributed by atoms with Crippen LogP contribution >= 0.6 is 0 Å². The molecule has 0 saturated carbocycles. The standard InChI is InChI=1S/C9H10N4O/c10-4-7-8(2-1-3-9(7)14)13-5-11-12-6-13/h1-3,5-6,14H,4,10H2. The van der Waals surface area contributed by atoms with Crippen molar-refractivity contribution in [2.24, 2.45) is 5.73 Å². The van der Waals surface area contributed by atoms with E-state index >= 15 is 0 Å². The average Bonchev–Trinajstić information content (AvgIpc) is 2.70. The Kier molecular flexibility index (Phi) is 2.16. The first-order valence-electron chi connectivity index (χ1n) is 4.19. The van der Waals surface area contributed by atoms with Crippen LogP contribution in [0.5, 0.6) is 5.75 Å². The predicted octanol–water partition coefficient (Wildman–Crippen LogP) is 0.432. The van der Waals surface area contributed by atoms with E-state index in [1.54, 1.807) is 29.4 Å². The zero-order chi connectivity index (χ0) is 9.97. The largest absolute Gasteiger partial charge is 0.508 e. The Morgan fingerprint density at radius 2 is 2.00 bits per heavy atom. The molecule has 72 valence electrons. The van der Waals surface area contributed by atoms with Crippen LogP contribution in [-0.2, 0) is 6.54 Å². The maximum Gasteiger partial charge on any atom is 0.123 e. The molecule has 1 aromatic heterocycles. The average molecular weight is 190 g/mol. The van der Waals surface area contributed by atoms with Gasteiger partial charge in [0, 0.05) is 12.1 Å². The molecule has 5 heteroatoms. The van der Waals surface area contributed by atoms with Crippen molar-refractivity contribution in [3.05, 3.63) is 36.4 Å². The Hall–Kier alpha value is -1.88. The fourth-order valence-corrected chi connectivity index (χ4v) is 1.34. The van der Waals surface area contributed by atoms with Crippen molar-refractivity contribution in [3.63, 3.8) is 0 Å². The van der Waals surface area contributed by atoms with E-state index in [4.69, 9.17) is 5.73 Å². The fourth-order valence-electron chi connectivity index (χ4n) is 1.34. The number of benzene rings is 1. The quantitative estimate of drug-likeness (QED) is 0.720. The minimum atomic E-state index is 0.193. The Labute approximate surface area is 80.8 Å². The third kappa shape index (κ3) is 1.33. The van der Waals surface area contributed by atoms with E-state index in [9.17, 15) is 5.11 Å². The smallest absolute Gasteiger partial charge is 0.123 e. The van der Waals surface area contributed by atoms with Gasteiger partial charge in [-0.2, -0.15) is 0 Å². The molecule has 0 aliphatic heterocycles. The van der Waals surface area contributed by atoms with Gasteiger partial charge in [0.25, 0.3) is 0 Å². The van der Waals surface area contributed by atoms with E-state index in [2.05, 4.69) is 10.2 Å². The van der Waals surface area contributed by atoms with Gasteiger partial charge in [0.15, 0.2) is 0 Å². The number of hydrogen-bond acceptors (Lipinski definition) is 4. The summed E-state index contributed by atoms with van der Waals surface area (Å²) in [5.41, 5.74) is 7.03. The number of nitrogens with two attached hydrogens (primary N) is 1. The van der Waals surface area contributed by atoms with Crippen LogP contribution < -0.4 is 5.73 Å². The van der Waals surface area contributed by atoms with Gasteiger partial charge in [-0.1, -0.05) is 6.07 Å². The first-order valence-corrected chi connectivity index (χ1v) is 4.19. The summed E-state index contributed by atoms with van der Waals surface area (Å²) < 4.78 is 1.71. The lowest BCUT2D eigenvalue weighted by Crippen LogP contribution is -2.03. The van der Waals surface area contributed by atoms with Gasteiger partial charge < -0.3 is 10.8 Å². The van der Waals surface area contributed by atoms with Gasteiger partial charge in [0.2, 0.25) is 0 Å². The predicted molar refractivity (Wildman–Crippen MR) is 50.9 cm³/mol. The normalized spacial score (nSPS) is 10.4. The molecule has 0 unspecified atom stereocenters. The highest BCUT2D eigenvalue weighted by Crippen LogP contribution is 2.22. The summed E-state index contributed by atoms with van der Waals surface area (Å²) in [6.07, 6.45) is 3.13. The molecule has 5 nitrogen and oxygen atoms in total. The summed E-state index contributed by atoms with van der Waals surface area (Å²) in [4.78, 5) is 0. The van der Waals surface area contributed by atoms with Gasteiger partial charge in [0.05, 0.1) is 5.69 Å². The monoisotopic (exact) mass is 190 g/mol. The molecule has 0 aliphatic carbocycles. The van der Waals surface area contributed by atoms with Crippen LogP contribution in [0, 0.1) is 0 Å². The molecule has 14 heavy (non-hydrogen) atoms. The van der Waals surface area contributed by atoms with Crippen molar-refractivity contribution < 1.29 is 5.11 Å². The summed E-state index contributed by atoms with van der Waals surface area (Å²) in [6, 6.07) is 5.21. The van der Waals surface area contributed by atoms with Crippen LogP contribution in [0.4, 0.5) is 0 Å². The molecule has 0 atom stereocenters. The number of aromatic hydroxyl groups is 1. The van der Waals surface area contributed by atoms with Crippen LogP contribution in [-0.4, -0.2) is 19.9 Å². The lowest BCUT2D eigenvalue weighted by atomic mass is 10.1. The SMILES string of the molecule is NCc1c(O)cccc1-n1cnnc1. The molecule has 0 aliphatic rings. The molecular weight excluding hydrogens is 180 g/mol. The van der Waals surface area contributed by atoms with E-state index in [1.165, 1.54) is 0 Å². The molecule has 0 radical (unpaired) electrons. The fraction of sp³-hybridized carbons (Fsp3) is 0.111. The highest BCUT2D eigenvalue weighted by Gasteiger charge is 2.06. The van der Waals surface area contributed by atoms with Gasteiger partial charge in [-0.3, -0.25) is 4.57 Å². The third-order valence-electron chi connectivity index (χ3n) is 2.03. The summed E-state index contributed by atoms with van der Waals surface area (Å²) in [7, 11) is 0. The van der Waals surface area contributed by atoms with E-state index in [0.717, 1.165) is 5.69 Å². The number of nitrogens with zero attached hydrogens (tertiary/aromatic N) is 3. The van der Waals surface area contributed by atoms with Crippen molar-refractivity contribution in [1.29, 1.82) is 0 Å². The summed E-state index contributed by atoms with van der Waals surface area (Å²) >= 11 is 0. The van der Waals surface area contributed by atoms with Gasteiger partial charge in [-0.25, -0.2) is 0 Å². The maximum absolute atomic E-state index is 9.56. The number of aromatic nitrogens is 3. The lowest BCUT2D eigenvalue weighted by Gasteiger charge is -2.08. The highest BCUT2D eigenvalue weighted by atomic mass is 16.3. The highest BCUT2D eigenvalue weighted by molar-refractivity contribution is 5.48. The summed E-state index contributed by atoms with van der Waals surface area (Å²) in [5, 5.41) is 16.9. The number of hydrogen-bond donors (Lipinski definition) is 2. The molecule has 0 amide bonds. The van der Waals surface area contributed by atoms with Crippen LogP contribution in [0.1, 0.15) is 5.56 Å². The Morgan fingerprint density at radius 1 is 1.29 bits per heavy atom. The van der Waals surface area contributed by atoms with Crippen molar-refractivity contribution in [3.8, 4) is 11.4 Å². The topological polar surface area (TPSA) is 77.0 Å². The van der Waals surface area contributed by atoms with E-state index in [0.29, 0.717) is 5.56 Å². The molecular formula is C9H10N4O. The lowest BCUT2D eigenvalue weighted by molar-refractivity contribution is 0.468. The molecule has 0 fully saturated rings. The Morgan fingerprint density at radius 3 is 2.64 bits per heavy atom. The van der Waals surface area contributed by atoms with Gasteiger partial charge >= 0.3 is 0 Å². The van der Waals surface area contributed by atoms with Crippen molar-refractivity contribution in [2.45, 2.75) is 6.54 Å². The molecule has 0 bridgehead atoms.